The molecule has 2 aromatic heterocycles. The van der Waals surface area contributed by atoms with Crippen LogP contribution >= 0.6 is 0 Å². The largest absolute Gasteiger partial charge is 0.355 e. The number of nitrogens with zero attached hydrogens (tertiary/aromatic N) is 6. The predicted octanol–water partition coefficient (Wildman–Crippen LogP) is 2.85. The highest BCUT2D eigenvalue weighted by Crippen LogP contribution is 2.26. The Labute approximate surface area is 215 Å². The van der Waals surface area contributed by atoms with E-state index in [9.17, 15) is 14.0 Å². The lowest BCUT2D eigenvalue weighted by Gasteiger charge is -2.32. The molecule has 2 aliphatic rings. The molecular formula is C27H32FN7O2. The zero-order valence-electron chi connectivity index (χ0n) is 21.1. The van der Waals surface area contributed by atoms with Crippen molar-refractivity contribution in [2.45, 2.75) is 57.4 Å². The number of hydrogen-bond acceptors (Lipinski definition) is 6. The van der Waals surface area contributed by atoms with Crippen molar-refractivity contribution < 1.29 is 14.0 Å². The molecule has 3 atom stereocenters. The number of hydrogen-bond donors (Lipinski definition) is 1. The van der Waals surface area contributed by atoms with E-state index in [0.717, 1.165) is 36.5 Å². The van der Waals surface area contributed by atoms with Gasteiger partial charge in [-0.2, -0.15) is 0 Å². The molecule has 0 spiro atoms. The van der Waals surface area contributed by atoms with Gasteiger partial charge in [0.1, 0.15) is 24.6 Å². The highest BCUT2D eigenvalue weighted by Gasteiger charge is 2.41. The molecule has 194 valence electrons. The Bertz CT molecular complexity index is 1230. The summed E-state index contributed by atoms with van der Waals surface area (Å²) in [7, 11) is 0. The van der Waals surface area contributed by atoms with E-state index in [1.165, 1.54) is 9.58 Å². The molecule has 1 N–H and O–H groups in total. The Hall–Kier alpha value is -3.82. The molecule has 3 aromatic rings. The predicted molar refractivity (Wildman–Crippen MR) is 137 cm³/mol. The number of alkyl halides is 1. The summed E-state index contributed by atoms with van der Waals surface area (Å²) in [4.78, 5) is 34.8. The number of carbonyl (C=O) groups excluding carboxylic acids is 2. The molecule has 10 heteroatoms. The van der Waals surface area contributed by atoms with Crippen molar-refractivity contribution in [3.05, 3.63) is 71.7 Å². The standard InChI is InChI=1S/C27H32FN7O2/c1-18(2)20-9-10-22(29-14-20)26(19-7-4-3-5-8-19)31-27(37)23-13-21(28)16-34(23)25(36)17-35-24(15-30-32-35)33-11-6-12-33/h3-5,7-10,14-15,18,21,23,26H,6,11-13,16-17H2,1-2H3,(H,31,37)/t21-,23+,26+/m1/s1. The third-order valence-electron chi connectivity index (χ3n) is 7.13. The number of carbonyl (C=O) groups is 2. The summed E-state index contributed by atoms with van der Waals surface area (Å²) in [5, 5.41) is 11.0. The maximum absolute atomic E-state index is 14.6. The van der Waals surface area contributed by atoms with E-state index in [0.29, 0.717) is 11.6 Å². The average molecular weight is 506 g/mol. The van der Waals surface area contributed by atoms with Crippen LogP contribution in [0.2, 0.25) is 0 Å². The first-order valence-electron chi connectivity index (χ1n) is 12.8. The molecule has 0 saturated carbocycles. The first kappa shape index (κ1) is 24.9. The second kappa shape index (κ2) is 10.7. The molecule has 5 rings (SSSR count). The molecule has 0 unspecified atom stereocenters. The molecule has 2 amide bonds. The molecule has 2 fully saturated rings. The number of pyridine rings is 1. The van der Waals surface area contributed by atoms with Gasteiger partial charge >= 0.3 is 0 Å². The Balaban J connectivity index is 1.34. The first-order chi connectivity index (χ1) is 17.9. The van der Waals surface area contributed by atoms with E-state index >= 15 is 0 Å². The Morgan fingerprint density at radius 1 is 1.08 bits per heavy atom. The van der Waals surface area contributed by atoms with Gasteiger partial charge in [0.15, 0.2) is 0 Å². The summed E-state index contributed by atoms with van der Waals surface area (Å²) >= 11 is 0. The van der Waals surface area contributed by atoms with Crippen LogP contribution < -0.4 is 10.2 Å². The maximum Gasteiger partial charge on any atom is 0.245 e. The number of nitrogens with one attached hydrogen (secondary N) is 1. The van der Waals surface area contributed by atoms with Crippen molar-refractivity contribution in [2.75, 3.05) is 24.5 Å². The van der Waals surface area contributed by atoms with Crippen LogP contribution in [0.15, 0.2) is 54.9 Å². The maximum atomic E-state index is 14.6. The first-order valence-corrected chi connectivity index (χ1v) is 12.8. The molecule has 4 heterocycles. The lowest BCUT2D eigenvalue weighted by atomic mass is 10.00. The minimum absolute atomic E-state index is 0.0465. The molecule has 0 bridgehead atoms. The Morgan fingerprint density at radius 3 is 2.51 bits per heavy atom. The number of halogens is 1. The third kappa shape index (κ3) is 5.33. The van der Waals surface area contributed by atoms with E-state index < -0.39 is 24.2 Å². The quantitative estimate of drug-likeness (QED) is 0.506. The monoisotopic (exact) mass is 505 g/mol. The van der Waals surface area contributed by atoms with Crippen molar-refractivity contribution in [1.29, 1.82) is 0 Å². The van der Waals surface area contributed by atoms with Crippen molar-refractivity contribution in [3.8, 4) is 0 Å². The molecule has 1 aromatic carbocycles. The van der Waals surface area contributed by atoms with Crippen LogP contribution in [-0.4, -0.2) is 68.5 Å². The number of aromatic nitrogens is 4. The highest BCUT2D eigenvalue weighted by molar-refractivity contribution is 5.89. The average Bonchev–Trinajstić information content (AvgIpc) is 3.48. The summed E-state index contributed by atoms with van der Waals surface area (Å²) in [5.74, 6) is 0.330. The normalized spacial score (nSPS) is 20.1. The van der Waals surface area contributed by atoms with Gasteiger partial charge in [-0.1, -0.05) is 55.5 Å². The molecule has 0 aliphatic carbocycles. The fourth-order valence-corrected chi connectivity index (χ4v) is 4.82. The van der Waals surface area contributed by atoms with Gasteiger partial charge in [0, 0.05) is 25.7 Å². The number of likely N-dealkylation sites (tertiary alicyclic amines) is 1. The smallest absolute Gasteiger partial charge is 0.245 e. The Kier molecular flexibility index (Phi) is 7.16. The van der Waals surface area contributed by atoms with Gasteiger partial charge in [-0.3, -0.25) is 14.6 Å². The van der Waals surface area contributed by atoms with Crippen LogP contribution in [-0.2, 0) is 16.1 Å². The summed E-state index contributed by atoms with van der Waals surface area (Å²) in [6.07, 6.45) is 3.20. The van der Waals surface area contributed by atoms with Gasteiger partial charge in [-0.25, -0.2) is 9.07 Å². The van der Waals surface area contributed by atoms with E-state index in [1.54, 1.807) is 6.20 Å². The van der Waals surface area contributed by atoms with E-state index in [4.69, 9.17) is 0 Å². The third-order valence-corrected chi connectivity index (χ3v) is 7.13. The molecule has 37 heavy (non-hydrogen) atoms. The zero-order valence-corrected chi connectivity index (χ0v) is 21.1. The van der Waals surface area contributed by atoms with E-state index in [2.05, 4.69) is 39.4 Å². The second-order valence-corrected chi connectivity index (χ2v) is 10.0. The van der Waals surface area contributed by atoms with Crippen LogP contribution in [0, 0.1) is 0 Å². The van der Waals surface area contributed by atoms with Crippen LogP contribution in [0.5, 0.6) is 0 Å². The molecule has 2 aliphatic heterocycles. The van der Waals surface area contributed by atoms with E-state index in [1.807, 2.05) is 48.7 Å². The minimum atomic E-state index is -1.27. The number of benzene rings is 1. The molecule has 0 radical (unpaired) electrons. The molecule has 2 saturated heterocycles. The van der Waals surface area contributed by atoms with Crippen molar-refractivity contribution in [3.63, 3.8) is 0 Å². The lowest BCUT2D eigenvalue weighted by molar-refractivity contribution is -0.139. The zero-order chi connectivity index (χ0) is 25.9. The molecular weight excluding hydrogens is 473 g/mol. The summed E-state index contributed by atoms with van der Waals surface area (Å²) in [5.41, 5.74) is 2.63. The molecule has 9 nitrogen and oxygen atoms in total. The van der Waals surface area contributed by atoms with E-state index in [-0.39, 0.29) is 25.4 Å². The van der Waals surface area contributed by atoms with Gasteiger partial charge in [-0.05, 0) is 29.5 Å². The van der Waals surface area contributed by atoms with Gasteiger partial charge in [0.25, 0.3) is 0 Å². The SMILES string of the molecule is CC(C)c1ccc([C@@H](NC(=O)[C@@H]2C[C@@H](F)CN2C(=O)Cn2nncc2N2CCC2)c2ccccc2)nc1. The summed E-state index contributed by atoms with van der Waals surface area (Å²) < 4.78 is 16.1. The van der Waals surface area contributed by atoms with Crippen LogP contribution in [0.25, 0.3) is 0 Å². The van der Waals surface area contributed by atoms with Crippen LogP contribution in [0.3, 0.4) is 0 Å². The number of anilines is 1. The number of rotatable bonds is 8. The van der Waals surface area contributed by atoms with Crippen LogP contribution in [0.1, 0.15) is 55.5 Å². The van der Waals surface area contributed by atoms with Gasteiger partial charge in [0.05, 0.1) is 24.5 Å². The van der Waals surface area contributed by atoms with Crippen molar-refractivity contribution in [2.24, 2.45) is 0 Å². The Morgan fingerprint density at radius 2 is 1.86 bits per heavy atom. The van der Waals surface area contributed by atoms with Gasteiger partial charge in [-0.15, -0.1) is 5.10 Å². The topological polar surface area (TPSA) is 96.2 Å². The lowest BCUT2D eigenvalue weighted by Crippen LogP contribution is -2.48. The van der Waals surface area contributed by atoms with Crippen molar-refractivity contribution >= 4 is 17.6 Å². The highest BCUT2D eigenvalue weighted by atomic mass is 19.1. The fourth-order valence-electron chi connectivity index (χ4n) is 4.82. The van der Waals surface area contributed by atoms with Crippen LogP contribution in [0.4, 0.5) is 10.2 Å². The van der Waals surface area contributed by atoms with Crippen molar-refractivity contribution in [1.82, 2.24) is 30.2 Å². The fraction of sp³-hybridized carbons (Fsp3) is 0.444. The minimum Gasteiger partial charge on any atom is -0.355 e. The van der Waals surface area contributed by atoms with Gasteiger partial charge < -0.3 is 15.1 Å². The second-order valence-electron chi connectivity index (χ2n) is 10.0. The summed E-state index contributed by atoms with van der Waals surface area (Å²) in [6, 6.07) is 12.0. The van der Waals surface area contributed by atoms with Gasteiger partial charge in [0.2, 0.25) is 11.8 Å². The summed E-state index contributed by atoms with van der Waals surface area (Å²) in [6.45, 7) is 5.74. The number of amides is 2.